The maximum absolute atomic E-state index is 13.1. The van der Waals surface area contributed by atoms with Crippen molar-refractivity contribution in [1.29, 1.82) is 5.26 Å². The van der Waals surface area contributed by atoms with E-state index in [0.29, 0.717) is 42.6 Å². The van der Waals surface area contributed by atoms with E-state index in [2.05, 4.69) is 44.7 Å². The highest BCUT2D eigenvalue weighted by Crippen LogP contribution is 2.30. The third-order valence-electron chi connectivity index (χ3n) is 5.38. The number of rotatable bonds is 3. The molecule has 0 radical (unpaired) electrons. The molecule has 0 spiro atoms. The average molecular weight is 415 g/mol. The fraction of sp³-hybridized carbons (Fsp3) is 0.400. The van der Waals surface area contributed by atoms with E-state index in [0.717, 1.165) is 12.3 Å². The molecule has 10 heteroatoms. The van der Waals surface area contributed by atoms with Crippen molar-refractivity contribution in [3.63, 3.8) is 0 Å². The van der Waals surface area contributed by atoms with Gasteiger partial charge in [-0.2, -0.15) is 18.4 Å². The zero-order valence-electron chi connectivity index (χ0n) is 16.5. The molecule has 7 nitrogen and oxygen atoms in total. The monoisotopic (exact) mass is 415 g/mol. The Kier molecular flexibility index (Phi) is 5.07. The molecule has 0 amide bonds. The second kappa shape index (κ2) is 7.57. The molecule has 4 heterocycles. The number of piperazine rings is 1. The van der Waals surface area contributed by atoms with Crippen LogP contribution in [0.3, 0.4) is 0 Å². The molecule has 1 fully saturated rings. The minimum Gasteiger partial charge on any atom is -0.353 e. The van der Waals surface area contributed by atoms with Gasteiger partial charge in [0, 0.05) is 37.6 Å². The molecule has 3 aromatic rings. The summed E-state index contributed by atoms with van der Waals surface area (Å²) in [6.45, 7) is 5.87. The topological polar surface area (TPSA) is 73.4 Å². The molecule has 0 saturated carbocycles. The van der Waals surface area contributed by atoms with E-state index >= 15 is 0 Å². The molecule has 2 atom stereocenters. The molecule has 0 N–H and O–H groups in total. The van der Waals surface area contributed by atoms with Crippen LogP contribution in [-0.2, 0) is 6.18 Å². The summed E-state index contributed by atoms with van der Waals surface area (Å²) in [5, 5.41) is 9.03. The van der Waals surface area contributed by atoms with E-state index in [-0.39, 0.29) is 12.1 Å². The van der Waals surface area contributed by atoms with Crippen LogP contribution < -0.4 is 4.90 Å². The van der Waals surface area contributed by atoms with Crippen LogP contribution >= 0.6 is 0 Å². The first kappa shape index (κ1) is 20.1. The zero-order chi connectivity index (χ0) is 21.5. The number of alkyl halides is 3. The van der Waals surface area contributed by atoms with Crippen molar-refractivity contribution in [2.45, 2.75) is 32.1 Å². The number of imidazole rings is 1. The molecule has 3 aromatic heterocycles. The zero-order valence-corrected chi connectivity index (χ0v) is 16.5. The summed E-state index contributed by atoms with van der Waals surface area (Å²) >= 11 is 0. The van der Waals surface area contributed by atoms with E-state index in [1.54, 1.807) is 12.3 Å². The number of hydrogen-bond donors (Lipinski definition) is 0. The third kappa shape index (κ3) is 3.68. The highest BCUT2D eigenvalue weighted by atomic mass is 19.4. The fourth-order valence-electron chi connectivity index (χ4n) is 3.90. The fourth-order valence-corrected chi connectivity index (χ4v) is 3.90. The predicted octanol–water partition coefficient (Wildman–Crippen LogP) is 3.23. The Morgan fingerprint density at radius 3 is 2.53 bits per heavy atom. The van der Waals surface area contributed by atoms with Crippen molar-refractivity contribution >= 4 is 11.5 Å². The molecular weight excluding hydrogens is 395 g/mol. The molecule has 0 aliphatic carbocycles. The van der Waals surface area contributed by atoms with Crippen molar-refractivity contribution in [3.8, 4) is 17.6 Å². The lowest BCUT2D eigenvalue weighted by Crippen LogP contribution is -2.57. The predicted molar refractivity (Wildman–Crippen MR) is 105 cm³/mol. The Morgan fingerprint density at radius 1 is 1.13 bits per heavy atom. The molecule has 156 valence electrons. The first-order valence-electron chi connectivity index (χ1n) is 9.53. The molecule has 0 bridgehead atoms. The second-order valence-corrected chi connectivity index (χ2v) is 7.46. The largest absolute Gasteiger partial charge is 0.417 e. The summed E-state index contributed by atoms with van der Waals surface area (Å²) in [5.41, 5.74) is 0.0168. The molecule has 1 aliphatic heterocycles. The number of aromatic nitrogens is 4. The van der Waals surface area contributed by atoms with Crippen LogP contribution in [0.2, 0.25) is 0 Å². The molecule has 2 unspecified atom stereocenters. The average Bonchev–Trinajstić information content (AvgIpc) is 3.13. The van der Waals surface area contributed by atoms with Gasteiger partial charge in [0.25, 0.3) is 0 Å². The van der Waals surface area contributed by atoms with Gasteiger partial charge in [0.15, 0.2) is 5.82 Å². The molecular formula is C20H20F3N7. The van der Waals surface area contributed by atoms with Gasteiger partial charge in [-0.05, 0) is 32.0 Å². The molecule has 4 rings (SSSR count). The highest BCUT2D eigenvalue weighted by molar-refractivity contribution is 5.59. The summed E-state index contributed by atoms with van der Waals surface area (Å²) in [6.07, 6.45) is -0.362. The quantitative estimate of drug-likeness (QED) is 0.612. The first-order chi connectivity index (χ1) is 14.3. The van der Waals surface area contributed by atoms with Gasteiger partial charge in [0.05, 0.1) is 24.4 Å². The minimum absolute atomic E-state index is 0.164. The van der Waals surface area contributed by atoms with Crippen molar-refractivity contribution in [2.75, 3.05) is 24.5 Å². The smallest absolute Gasteiger partial charge is 0.353 e. The second-order valence-electron chi connectivity index (χ2n) is 7.46. The van der Waals surface area contributed by atoms with Gasteiger partial charge in [-0.15, -0.1) is 0 Å². The summed E-state index contributed by atoms with van der Waals surface area (Å²) in [5.74, 6) is 0.997. The Bertz CT molecular complexity index is 1090. The van der Waals surface area contributed by atoms with Crippen LogP contribution in [-0.4, -0.2) is 56.0 Å². The number of fused-ring (bicyclic) bond motifs is 1. The summed E-state index contributed by atoms with van der Waals surface area (Å²) in [7, 11) is 0. The van der Waals surface area contributed by atoms with Gasteiger partial charge in [-0.1, -0.05) is 0 Å². The van der Waals surface area contributed by atoms with E-state index in [9.17, 15) is 13.2 Å². The Morgan fingerprint density at radius 2 is 1.87 bits per heavy atom. The van der Waals surface area contributed by atoms with Crippen molar-refractivity contribution in [2.24, 2.45) is 0 Å². The van der Waals surface area contributed by atoms with Crippen LogP contribution in [0.5, 0.6) is 0 Å². The van der Waals surface area contributed by atoms with E-state index in [4.69, 9.17) is 5.26 Å². The Hall–Kier alpha value is -3.19. The molecule has 0 aromatic carbocycles. The van der Waals surface area contributed by atoms with Gasteiger partial charge in [0.2, 0.25) is 0 Å². The minimum atomic E-state index is -4.45. The van der Waals surface area contributed by atoms with Crippen LogP contribution in [0.4, 0.5) is 19.0 Å². The van der Waals surface area contributed by atoms with Gasteiger partial charge < -0.3 is 4.90 Å². The number of nitriles is 1. The lowest BCUT2D eigenvalue weighted by Gasteiger charge is -2.43. The van der Waals surface area contributed by atoms with Crippen LogP contribution in [0, 0.1) is 11.3 Å². The van der Waals surface area contributed by atoms with Crippen molar-refractivity contribution < 1.29 is 13.2 Å². The summed E-state index contributed by atoms with van der Waals surface area (Å²) in [4.78, 5) is 17.3. The number of nitrogens with zero attached hydrogens (tertiary/aromatic N) is 7. The lowest BCUT2D eigenvalue weighted by molar-refractivity contribution is -0.137. The highest BCUT2D eigenvalue weighted by Gasteiger charge is 2.32. The number of halogens is 3. The summed E-state index contributed by atoms with van der Waals surface area (Å²) in [6, 6.07) is 6.65. The lowest BCUT2D eigenvalue weighted by atomic mass is 10.1. The van der Waals surface area contributed by atoms with Crippen LogP contribution in [0.1, 0.15) is 19.4 Å². The standard InChI is InChI=1S/C20H20F3N7/c1-13-10-28(11-14(2)29(13)8-6-24)18-5-7-25-19(27-18)16-9-26-17-4-3-15(12-30(16)17)20(21,22)23/h3-5,7,9,12-14H,8,10-11H2,1-2H3. The maximum Gasteiger partial charge on any atom is 0.417 e. The third-order valence-corrected chi connectivity index (χ3v) is 5.38. The number of pyridine rings is 1. The number of hydrogen-bond acceptors (Lipinski definition) is 6. The van der Waals surface area contributed by atoms with Crippen molar-refractivity contribution in [3.05, 3.63) is 42.4 Å². The summed E-state index contributed by atoms with van der Waals surface area (Å²) < 4.78 is 40.7. The normalized spacial score (nSPS) is 20.5. The molecule has 30 heavy (non-hydrogen) atoms. The molecule has 1 saturated heterocycles. The van der Waals surface area contributed by atoms with E-state index < -0.39 is 11.7 Å². The first-order valence-corrected chi connectivity index (χ1v) is 9.53. The van der Waals surface area contributed by atoms with Gasteiger partial charge >= 0.3 is 6.18 Å². The van der Waals surface area contributed by atoms with Gasteiger partial charge in [-0.3, -0.25) is 9.30 Å². The van der Waals surface area contributed by atoms with Gasteiger partial charge in [-0.25, -0.2) is 15.0 Å². The van der Waals surface area contributed by atoms with Gasteiger partial charge in [0.1, 0.15) is 17.2 Å². The SMILES string of the molecule is CC1CN(c2ccnc(-c3cnc4ccc(C(F)(F)F)cn34)n2)CC(C)N1CC#N. The van der Waals surface area contributed by atoms with Crippen LogP contribution in [0.15, 0.2) is 36.8 Å². The number of anilines is 1. The molecule has 1 aliphatic rings. The van der Waals surface area contributed by atoms with Crippen molar-refractivity contribution in [1.82, 2.24) is 24.3 Å². The van der Waals surface area contributed by atoms with Crippen LogP contribution in [0.25, 0.3) is 17.2 Å². The maximum atomic E-state index is 13.1. The Labute approximate surface area is 171 Å². The van der Waals surface area contributed by atoms with E-state index in [1.807, 2.05) is 0 Å². The van der Waals surface area contributed by atoms with E-state index in [1.165, 1.54) is 16.7 Å². The Balaban J connectivity index is 1.67.